The molecule has 0 aliphatic carbocycles. The number of aromatic amines is 1. The van der Waals surface area contributed by atoms with E-state index in [0.29, 0.717) is 0 Å². The number of halogens is 1. The van der Waals surface area contributed by atoms with Crippen LogP contribution in [0.4, 0.5) is 10.2 Å². The van der Waals surface area contributed by atoms with Gasteiger partial charge < -0.3 is 10.3 Å². The summed E-state index contributed by atoms with van der Waals surface area (Å²) in [6.45, 7) is 4.11. The third-order valence-corrected chi connectivity index (χ3v) is 4.64. The van der Waals surface area contributed by atoms with Crippen LogP contribution >= 0.6 is 0 Å². The van der Waals surface area contributed by atoms with Gasteiger partial charge >= 0.3 is 0 Å². The Morgan fingerprint density at radius 3 is 2.54 bits per heavy atom. The molecule has 0 saturated carbocycles. The molecule has 2 aromatic heterocycles. The first kappa shape index (κ1) is 16.3. The van der Waals surface area contributed by atoms with Crippen molar-refractivity contribution < 1.29 is 4.39 Å². The van der Waals surface area contributed by atoms with Crippen LogP contribution in [0.15, 0.2) is 66.9 Å². The molecule has 0 fully saturated rings. The Kier molecular flexibility index (Phi) is 4.17. The van der Waals surface area contributed by atoms with Crippen LogP contribution < -0.4 is 5.32 Å². The maximum absolute atomic E-state index is 13.5. The lowest BCUT2D eigenvalue weighted by Gasteiger charge is -2.21. The van der Waals surface area contributed by atoms with E-state index in [4.69, 9.17) is 0 Å². The van der Waals surface area contributed by atoms with Gasteiger partial charge in [-0.2, -0.15) is 0 Å². The fourth-order valence-corrected chi connectivity index (χ4v) is 3.41. The molecule has 2 heterocycles. The van der Waals surface area contributed by atoms with Crippen molar-refractivity contribution >= 4 is 16.7 Å². The number of benzene rings is 2. The van der Waals surface area contributed by atoms with Crippen LogP contribution in [0.25, 0.3) is 10.9 Å². The van der Waals surface area contributed by atoms with Crippen LogP contribution in [0.1, 0.15) is 28.4 Å². The lowest BCUT2D eigenvalue weighted by atomic mass is 9.96. The zero-order chi connectivity index (χ0) is 18.1. The molecule has 26 heavy (non-hydrogen) atoms. The molecule has 2 aromatic carbocycles. The van der Waals surface area contributed by atoms with E-state index in [-0.39, 0.29) is 11.9 Å². The number of H-pyrrole nitrogens is 1. The molecule has 4 heteroatoms. The van der Waals surface area contributed by atoms with Crippen LogP contribution in [-0.2, 0) is 0 Å². The number of pyridine rings is 1. The van der Waals surface area contributed by atoms with Gasteiger partial charge in [-0.25, -0.2) is 9.37 Å². The number of anilines is 1. The minimum absolute atomic E-state index is 0.138. The third-order valence-electron chi connectivity index (χ3n) is 4.64. The zero-order valence-corrected chi connectivity index (χ0v) is 14.8. The Morgan fingerprint density at radius 1 is 1.00 bits per heavy atom. The van der Waals surface area contributed by atoms with Gasteiger partial charge in [0.25, 0.3) is 0 Å². The molecule has 0 radical (unpaired) electrons. The smallest absolute Gasteiger partial charge is 0.126 e. The molecule has 0 unspecified atom stereocenters. The highest BCUT2D eigenvalue weighted by Crippen LogP contribution is 2.34. The highest BCUT2D eigenvalue weighted by Gasteiger charge is 2.21. The fraction of sp³-hybridized carbons (Fsp3) is 0.136. The van der Waals surface area contributed by atoms with Gasteiger partial charge in [0, 0.05) is 28.4 Å². The average molecular weight is 345 g/mol. The Morgan fingerprint density at radius 2 is 1.77 bits per heavy atom. The molecule has 130 valence electrons. The number of nitrogens with one attached hydrogen (secondary N) is 2. The number of rotatable bonds is 4. The van der Waals surface area contributed by atoms with E-state index >= 15 is 0 Å². The summed E-state index contributed by atoms with van der Waals surface area (Å²) in [5.74, 6) is 0.556. The van der Waals surface area contributed by atoms with Gasteiger partial charge in [0.05, 0.1) is 6.04 Å². The van der Waals surface area contributed by atoms with Gasteiger partial charge in [0.1, 0.15) is 11.6 Å². The summed E-state index contributed by atoms with van der Waals surface area (Å²) in [5, 5.41) is 4.69. The Bertz CT molecular complexity index is 1050. The minimum atomic E-state index is -0.239. The number of aromatic nitrogens is 2. The highest BCUT2D eigenvalue weighted by atomic mass is 19.1. The van der Waals surface area contributed by atoms with E-state index in [1.807, 2.05) is 43.3 Å². The molecule has 4 rings (SSSR count). The highest BCUT2D eigenvalue weighted by molar-refractivity contribution is 5.86. The number of para-hydroxylation sites is 1. The predicted octanol–water partition coefficient (Wildman–Crippen LogP) is 5.52. The molecule has 1 atom stereocenters. The van der Waals surface area contributed by atoms with Crippen molar-refractivity contribution in [3.8, 4) is 0 Å². The van der Waals surface area contributed by atoms with E-state index in [2.05, 4.69) is 34.3 Å². The van der Waals surface area contributed by atoms with E-state index in [9.17, 15) is 4.39 Å². The molecule has 0 aliphatic heterocycles. The van der Waals surface area contributed by atoms with Gasteiger partial charge in [-0.1, -0.05) is 30.3 Å². The van der Waals surface area contributed by atoms with Crippen molar-refractivity contribution in [1.82, 2.24) is 9.97 Å². The van der Waals surface area contributed by atoms with Crippen LogP contribution in [-0.4, -0.2) is 9.97 Å². The summed E-state index contributed by atoms with van der Waals surface area (Å²) in [4.78, 5) is 7.90. The van der Waals surface area contributed by atoms with Crippen molar-refractivity contribution in [1.29, 1.82) is 0 Å². The second-order valence-electron chi connectivity index (χ2n) is 6.56. The summed E-state index contributed by atoms with van der Waals surface area (Å²) in [6.07, 6.45) is 1.79. The molecular formula is C22H20FN3. The molecule has 0 bridgehead atoms. The normalized spacial score (nSPS) is 12.3. The van der Waals surface area contributed by atoms with E-state index in [1.165, 1.54) is 12.1 Å². The second kappa shape index (κ2) is 6.64. The zero-order valence-electron chi connectivity index (χ0n) is 14.8. The molecule has 2 N–H and O–H groups in total. The topological polar surface area (TPSA) is 40.7 Å². The van der Waals surface area contributed by atoms with Gasteiger partial charge in [-0.05, 0) is 55.3 Å². The van der Waals surface area contributed by atoms with Crippen molar-refractivity contribution in [2.75, 3.05) is 5.32 Å². The maximum Gasteiger partial charge on any atom is 0.126 e. The summed E-state index contributed by atoms with van der Waals surface area (Å²) in [6, 6.07) is 18.7. The van der Waals surface area contributed by atoms with Crippen LogP contribution in [0.3, 0.4) is 0 Å². The molecule has 0 aliphatic rings. The Hall–Kier alpha value is -3.14. The van der Waals surface area contributed by atoms with E-state index < -0.39 is 0 Å². The second-order valence-corrected chi connectivity index (χ2v) is 6.56. The van der Waals surface area contributed by atoms with E-state index in [1.54, 1.807) is 6.20 Å². The average Bonchev–Trinajstić information content (AvgIpc) is 2.96. The summed E-state index contributed by atoms with van der Waals surface area (Å²) < 4.78 is 13.5. The monoisotopic (exact) mass is 345 g/mol. The number of hydrogen-bond acceptors (Lipinski definition) is 2. The van der Waals surface area contributed by atoms with Crippen molar-refractivity contribution in [2.24, 2.45) is 0 Å². The SMILES string of the molecule is Cc1ccnc(N[C@@H](c2ccc(F)cc2)c2c(C)[nH]c3ccccc23)c1. The van der Waals surface area contributed by atoms with Gasteiger partial charge in [-0.3, -0.25) is 0 Å². The lowest BCUT2D eigenvalue weighted by molar-refractivity contribution is 0.626. The van der Waals surface area contributed by atoms with Crippen molar-refractivity contribution in [3.05, 3.63) is 95.1 Å². The quantitative estimate of drug-likeness (QED) is 0.511. The summed E-state index contributed by atoms with van der Waals surface area (Å²) >= 11 is 0. The predicted molar refractivity (Wildman–Crippen MR) is 104 cm³/mol. The van der Waals surface area contributed by atoms with Gasteiger partial charge in [-0.15, -0.1) is 0 Å². The Balaban J connectivity index is 1.87. The van der Waals surface area contributed by atoms with Crippen LogP contribution in [0.2, 0.25) is 0 Å². The maximum atomic E-state index is 13.5. The molecule has 0 spiro atoms. The number of hydrogen-bond donors (Lipinski definition) is 2. The minimum Gasteiger partial charge on any atom is -0.359 e. The first-order valence-electron chi connectivity index (χ1n) is 8.63. The van der Waals surface area contributed by atoms with Crippen molar-refractivity contribution in [2.45, 2.75) is 19.9 Å². The summed E-state index contributed by atoms with van der Waals surface area (Å²) in [7, 11) is 0. The standard InChI is InChI=1S/C22H20FN3/c1-14-11-12-24-20(13-14)26-22(16-7-9-17(23)10-8-16)21-15(2)25-19-6-4-3-5-18(19)21/h3-13,22,25H,1-2H3,(H,24,26)/t22-/m0/s1. The van der Waals surface area contributed by atoms with E-state index in [0.717, 1.165) is 39.1 Å². The Labute approximate surface area is 151 Å². The molecule has 0 saturated heterocycles. The number of nitrogens with zero attached hydrogens (tertiary/aromatic N) is 1. The van der Waals surface area contributed by atoms with Crippen LogP contribution in [0.5, 0.6) is 0 Å². The molecule has 4 aromatic rings. The number of fused-ring (bicyclic) bond motifs is 1. The molecule has 0 amide bonds. The first-order valence-corrected chi connectivity index (χ1v) is 8.63. The number of aryl methyl sites for hydroxylation is 2. The van der Waals surface area contributed by atoms with Crippen LogP contribution in [0, 0.1) is 19.7 Å². The fourth-order valence-electron chi connectivity index (χ4n) is 3.41. The lowest BCUT2D eigenvalue weighted by Crippen LogP contribution is -2.14. The largest absolute Gasteiger partial charge is 0.359 e. The summed E-state index contributed by atoms with van der Waals surface area (Å²) in [5.41, 5.74) is 5.45. The third kappa shape index (κ3) is 3.06. The first-order chi connectivity index (χ1) is 12.6. The van der Waals surface area contributed by atoms with Crippen molar-refractivity contribution in [3.63, 3.8) is 0 Å². The van der Waals surface area contributed by atoms with Gasteiger partial charge in [0.15, 0.2) is 0 Å². The van der Waals surface area contributed by atoms with Gasteiger partial charge in [0.2, 0.25) is 0 Å². The molecule has 3 nitrogen and oxygen atoms in total. The molecular weight excluding hydrogens is 325 g/mol.